The lowest BCUT2D eigenvalue weighted by molar-refractivity contribution is -0.123. The number of carbonyl (C=O) groups is 2. The summed E-state index contributed by atoms with van der Waals surface area (Å²) in [7, 11) is 0. The zero-order chi connectivity index (χ0) is 21.4. The SMILES string of the molecule is CCc1nn2c(c1-c1cccc(Cl)c1)NC(=O)C2CC(=O)Nc1cccc(Cl)c1C. The molecule has 0 saturated heterocycles. The Morgan fingerprint density at radius 2 is 2.00 bits per heavy atom. The predicted octanol–water partition coefficient (Wildman–Crippen LogP) is 5.25. The van der Waals surface area contributed by atoms with Crippen molar-refractivity contribution in [3.05, 3.63) is 63.8 Å². The fourth-order valence-electron chi connectivity index (χ4n) is 3.63. The van der Waals surface area contributed by atoms with Crippen molar-refractivity contribution in [3.63, 3.8) is 0 Å². The van der Waals surface area contributed by atoms with Gasteiger partial charge in [0, 0.05) is 21.3 Å². The average Bonchev–Trinajstić information content (AvgIpc) is 3.21. The Kier molecular flexibility index (Phi) is 5.54. The lowest BCUT2D eigenvalue weighted by atomic mass is 10.0. The molecule has 1 unspecified atom stereocenters. The van der Waals surface area contributed by atoms with Crippen LogP contribution >= 0.6 is 23.2 Å². The number of anilines is 2. The van der Waals surface area contributed by atoms with Gasteiger partial charge in [-0.1, -0.05) is 48.3 Å². The van der Waals surface area contributed by atoms with Crippen molar-refractivity contribution in [3.8, 4) is 11.1 Å². The Balaban J connectivity index is 1.63. The van der Waals surface area contributed by atoms with Gasteiger partial charge in [0.15, 0.2) is 0 Å². The number of nitrogens with zero attached hydrogens (tertiary/aromatic N) is 2. The smallest absolute Gasteiger partial charge is 0.251 e. The number of rotatable bonds is 5. The van der Waals surface area contributed by atoms with Crippen LogP contribution in [0.4, 0.5) is 11.5 Å². The fourth-order valence-corrected chi connectivity index (χ4v) is 4.00. The number of hydrogen-bond donors (Lipinski definition) is 2. The second-order valence-electron chi connectivity index (χ2n) is 7.15. The van der Waals surface area contributed by atoms with Crippen LogP contribution in [0, 0.1) is 6.92 Å². The minimum Gasteiger partial charge on any atom is -0.326 e. The Morgan fingerprint density at radius 3 is 2.73 bits per heavy atom. The van der Waals surface area contributed by atoms with Crippen LogP contribution in [0.5, 0.6) is 0 Å². The van der Waals surface area contributed by atoms with Gasteiger partial charge in [-0.25, -0.2) is 4.68 Å². The molecule has 2 N–H and O–H groups in total. The monoisotopic (exact) mass is 442 g/mol. The van der Waals surface area contributed by atoms with Crippen LogP contribution in [-0.4, -0.2) is 21.6 Å². The van der Waals surface area contributed by atoms with Gasteiger partial charge in [0.2, 0.25) is 5.91 Å². The standard InChI is InChI=1S/C22H20Cl2N4O2/c1-3-16-20(13-6-4-7-14(23)10-13)21-26-22(30)18(28(21)27-16)11-19(29)25-17-9-5-8-15(24)12(17)2/h4-10,18H,3,11H2,1-2H3,(H,25,29)(H,26,30). The quantitative estimate of drug-likeness (QED) is 0.566. The Bertz CT molecular complexity index is 1160. The third-order valence-electron chi connectivity index (χ3n) is 5.19. The summed E-state index contributed by atoms with van der Waals surface area (Å²) in [5.41, 5.74) is 3.95. The number of nitrogens with one attached hydrogen (secondary N) is 2. The topological polar surface area (TPSA) is 76.0 Å². The van der Waals surface area contributed by atoms with E-state index in [1.807, 2.05) is 32.0 Å². The zero-order valence-electron chi connectivity index (χ0n) is 16.5. The number of fused-ring (bicyclic) bond motifs is 1. The van der Waals surface area contributed by atoms with Crippen molar-refractivity contribution >= 4 is 46.5 Å². The molecule has 1 aliphatic rings. The maximum atomic E-state index is 12.7. The summed E-state index contributed by atoms with van der Waals surface area (Å²) < 4.78 is 1.61. The first-order chi connectivity index (χ1) is 14.4. The number of hydrogen-bond acceptors (Lipinski definition) is 3. The van der Waals surface area contributed by atoms with E-state index in [9.17, 15) is 9.59 Å². The predicted molar refractivity (Wildman–Crippen MR) is 119 cm³/mol. The van der Waals surface area contributed by atoms with Crippen LogP contribution in [0.15, 0.2) is 42.5 Å². The number of halogens is 2. The van der Waals surface area contributed by atoms with Gasteiger partial charge in [-0.15, -0.1) is 0 Å². The molecule has 4 rings (SSSR count). The van der Waals surface area contributed by atoms with Gasteiger partial charge in [0.25, 0.3) is 5.91 Å². The number of amides is 2. The van der Waals surface area contributed by atoms with Crippen LogP contribution in [0.1, 0.15) is 30.6 Å². The molecule has 2 aromatic carbocycles. The van der Waals surface area contributed by atoms with E-state index in [-0.39, 0.29) is 18.2 Å². The molecule has 154 valence electrons. The van der Waals surface area contributed by atoms with Crippen LogP contribution in [0.2, 0.25) is 10.0 Å². The molecule has 2 heterocycles. The molecule has 0 radical (unpaired) electrons. The summed E-state index contributed by atoms with van der Waals surface area (Å²) >= 11 is 12.3. The third kappa shape index (κ3) is 3.68. The van der Waals surface area contributed by atoms with E-state index in [1.165, 1.54) is 0 Å². The van der Waals surface area contributed by atoms with E-state index < -0.39 is 6.04 Å². The molecule has 0 fully saturated rings. The zero-order valence-corrected chi connectivity index (χ0v) is 18.0. The number of benzene rings is 2. The van der Waals surface area contributed by atoms with Gasteiger partial charge in [0.05, 0.1) is 12.1 Å². The fraction of sp³-hybridized carbons (Fsp3) is 0.227. The van der Waals surface area contributed by atoms with Crippen molar-refractivity contribution in [1.82, 2.24) is 9.78 Å². The van der Waals surface area contributed by atoms with Crippen LogP contribution in [0.25, 0.3) is 11.1 Å². The van der Waals surface area contributed by atoms with Crippen molar-refractivity contribution in [1.29, 1.82) is 0 Å². The van der Waals surface area contributed by atoms with E-state index >= 15 is 0 Å². The first-order valence-corrected chi connectivity index (χ1v) is 10.4. The maximum Gasteiger partial charge on any atom is 0.251 e. The van der Waals surface area contributed by atoms with Gasteiger partial charge < -0.3 is 10.6 Å². The lowest BCUT2D eigenvalue weighted by Gasteiger charge is -2.12. The van der Waals surface area contributed by atoms with E-state index in [1.54, 1.807) is 28.9 Å². The minimum atomic E-state index is -0.724. The number of carbonyl (C=O) groups excluding carboxylic acids is 2. The molecular formula is C22H20Cl2N4O2. The summed E-state index contributed by atoms with van der Waals surface area (Å²) in [4.78, 5) is 25.3. The molecule has 30 heavy (non-hydrogen) atoms. The van der Waals surface area contributed by atoms with Crippen molar-refractivity contribution in [2.75, 3.05) is 10.6 Å². The minimum absolute atomic E-state index is 0.0371. The molecule has 0 saturated carbocycles. The molecule has 0 spiro atoms. The summed E-state index contributed by atoms with van der Waals surface area (Å²) in [5.74, 6) is 0.0449. The van der Waals surface area contributed by atoms with E-state index in [0.29, 0.717) is 28.0 Å². The van der Waals surface area contributed by atoms with Crippen LogP contribution in [-0.2, 0) is 16.0 Å². The summed E-state index contributed by atoms with van der Waals surface area (Å²) in [5, 5.41) is 11.5. The first-order valence-electron chi connectivity index (χ1n) is 9.62. The van der Waals surface area contributed by atoms with Gasteiger partial charge in [-0.05, 0) is 48.7 Å². The molecule has 1 aromatic heterocycles. The normalized spacial score (nSPS) is 15.1. The lowest BCUT2D eigenvalue weighted by Crippen LogP contribution is -2.24. The molecule has 1 atom stereocenters. The summed E-state index contributed by atoms with van der Waals surface area (Å²) in [6.45, 7) is 3.83. The largest absolute Gasteiger partial charge is 0.326 e. The van der Waals surface area contributed by atoms with E-state index in [2.05, 4.69) is 15.7 Å². The van der Waals surface area contributed by atoms with Gasteiger partial charge >= 0.3 is 0 Å². The Labute approximate surface area is 184 Å². The highest BCUT2D eigenvalue weighted by atomic mass is 35.5. The molecule has 8 heteroatoms. The molecule has 6 nitrogen and oxygen atoms in total. The summed E-state index contributed by atoms with van der Waals surface area (Å²) in [6.07, 6.45) is 0.642. The van der Waals surface area contributed by atoms with Crippen LogP contribution < -0.4 is 10.6 Å². The van der Waals surface area contributed by atoms with Crippen molar-refractivity contribution in [2.45, 2.75) is 32.7 Å². The highest BCUT2D eigenvalue weighted by molar-refractivity contribution is 6.32. The Morgan fingerprint density at radius 1 is 1.23 bits per heavy atom. The highest BCUT2D eigenvalue weighted by Gasteiger charge is 2.36. The average molecular weight is 443 g/mol. The highest BCUT2D eigenvalue weighted by Crippen LogP contribution is 2.39. The number of aromatic nitrogens is 2. The maximum absolute atomic E-state index is 12.7. The van der Waals surface area contributed by atoms with E-state index in [4.69, 9.17) is 23.2 Å². The second kappa shape index (κ2) is 8.13. The molecule has 0 bridgehead atoms. The number of aryl methyl sites for hydroxylation is 1. The molecule has 0 aliphatic carbocycles. The van der Waals surface area contributed by atoms with Gasteiger partial charge in [-0.2, -0.15) is 5.10 Å². The van der Waals surface area contributed by atoms with Crippen LogP contribution in [0.3, 0.4) is 0 Å². The molecule has 3 aromatic rings. The van der Waals surface area contributed by atoms with Gasteiger partial charge in [0.1, 0.15) is 11.9 Å². The first kappa shape index (κ1) is 20.4. The Hall–Kier alpha value is -2.83. The van der Waals surface area contributed by atoms with Crippen molar-refractivity contribution in [2.24, 2.45) is 0 Å². The summed E-state index contributed by atoms with van der Waals surface area (Å²) in [6, 6.07) is 12.0. The van der Waals surface area contributed by atoms with Crippen molar-refractivity contribution < 1.29 is 9.59 Å². The molecule has 2 amide bonds. The molecule has 1 aliphatic heterocycles. The van der Waals surface area contributed by atoms with Gasteiger partial charge in [-0.3, -0.25) is 9.59 Å². The third-order valence-corrected chi connectivity index (χ3v) is 5.84. The second-order valence-corrected chi connectivity index (χ2v) is 7.99. The molecular weight excluding hydrogens is 423 g/mol. The van der Waals surface area contributed by atoms with E-state index in [0.717, 1.165) is 22.4 Å².